The van der Waals surface area contributed by atoms with E-state index in [4.69, 9.17) is 14.4 Å². The van der Waals surface area contributed by atoms with E-state index in [1.807, 2.05) is 20.8 Å². The van der Waals surface area contributed by atoms with Gasteiger partial charge in [-0.1, -0.05) is 38.1 Å². The van der Waals surface area contributed by atoms with E-state index in [-0.39, 0.29) is 24.3 Å². The van der Waals surface area contributed by atoms with E-state index in [0.717, 1.165) is 0 Å². The predicted molar refractivity (Wildman–Crippen MR) is 96.3 cm³/mol. The van der Waals surface area contributed by atoms with Crippen LogP contribution >= 0.6 is 0 Å². The molecule has 1 N–H and O–H groups in total. The highest BCUT2D eigenvalue weighted by molar-refractivity contribution is 6.00. The van der Waals surface area contributed by atoms with Crippen molar-refractivity contribution in [3.63, 3.8) is 0 Å². The summed E-state index contributed by atoms with van der Waals surface area (Å²) >= 11 is 0. The molecule has 0 aliphatic carbocycles. The van der Waals surface area contributed by atoms with Crippen molar-refractivity contribution in [2.75, 3.05) is 19.7 Å². The fourth-order valence-corrected chi connectivity index (χ4v) is 2.89. The van der Waals surface area contributed by atoms with Crippen molar-refractivity contribution in [3.8, 4) is 11.5 Å². The highest BCUT2D eigenvalue weighted by Gasteiger charge is 2.29. The third kappa shape index (κ3) is 4.33. The number of carbonyl (C=O) groups excluding carboxylic acids is 1. The van der Waals surface area contributed by atoms with Crippen LogP contribution in [-0.4, -0.2) is 57.8 Å². The summed E-state index contributed by atoms with van der Waals surface area (Å²) in [6.07, 6.45) is -0.646. The van der Waals surface area contributed by atoms with Gasteiger partial charge in [-0.05, 0) is 12.1 Å². The molecule has 0 saturated carbocycles. The van der Waals surface area contributed by atoms with Gasteiger partial charge in [0.2, 0.25) is 0 Å². The van der Waals surface area contributed by atoms with Gasteiger partial charge in [0.25, 0.3) is 11.8 Å². The average Bonchev–Trinajstić information content (AvgIpc) is 3.11. The second-order valence-electron chi connectivity index (χ2n) is 7.56. The Morgan fingerprint density at radius 2 is 2.04 bits per heavy atom. The lowest BCUT2D eigenvalue weighted by atomic mass is 9.96. The number of carboxylic acids is 1. The Hall–Kier alpha value is -2.74. The molecule has 3 rings (SSSR count). The van der Waals surface area contributed by atoms with Crippen molar-refractivity contribution in [1.29, 1.82) is 0 Å². The van der Waals surface area contributed by atoms with Crippen molar-refractivity contribution in [1.82, 2.24) is 15.0 Å². The molecule has 1 unspecified atom stereocenters. The molecule has 2 aromatic rings. The van der Waals surface area contributed by atoms with E-state index in [1.54, 1.807) is 29.2 Å². The summed E-state index contributed by atoms with van der Waals surface area (Å²) in [7, 11) is 0. The lowest BCUT2D eigenvalue weighted by Crippen LogP contribution is -2.46. The van der Waals surface area contributed by atoms with Gasteiger partial charge in [-0.2, -0.15) is 4.98 Å². The highest BCUT2D eigenvalue weighted by atomic mass is 16.5. The lowest BCUT2D eigenvalue weighted by Gasteiger charge is -2.32. The lowest BCUT2D eigenvalue weighted by molar-refractivity contribution is -0.141. The quantitative estimate of drug-likeness (QED) is 0.877. The number of carboxylic acid groups (broad SMARTS) is 1. The Morgan fingerprint density at radius 1 is 1.30 bits per heavy atom. The molecule has 2 heterocycles. The minimum atomic E-state index is -0.949. The molecule has 1 aliphatic heterocycles. The fraction of sp³-hybridized carbons (Fsp3) is 0.474. The maximum Gasteiger partial charge on any atom is 0.306 e. The first-order valence-electron chi connectivity index (χ1n) is 8.82. The monoisotopic (exact) mass is 373 g/mol. The highest BCUT2D eigenvalue weighted by Crippen LogP contribution is 2.27. The Balaban J connectivity index is 1.86. The van der Waals surface area contributed by atoms with Crippen molar-refractivity contribution in [2.45, 2.75) is 38.7 Å². The summed E-state index contributed by atoms with van der Waals surface area (Å²) in [6, 6.07) is 7.05. The molecule has 1 fully saturated rings. The zero-order chi connectivity index (χ0) is 19.6. The van der Waals surface area contributed by atoms with E-state index in [9.17, 15) is 9.59 Å². The topological polar surface area (TPSA) is 106 Å². The van der Waals surface area contributed by atoms with Crippen LogP contribution in [0.15, 0.2) is 28.8 Å². The molecule has 27 heavy (non-hydrogen) atoms. The molecule has 0 radical (unpaired) electrons. The largest absolute Gasteiger partial charge is 0.481 e. The summed E-state index contributed by atoms with van der Waals surface area (Å²) in [5.41, 5.74) is 0.735. The van der Waals surface area contributed by atoms with Crippen LogP contribution in [0.25, 0.3) is 11.5 Å². The second kappa shape index (κ2) is 7.48. The normalized spacial score (nSPS) is 17.7. The first-order valence-corrected chi connectivity index (χ1v) is 8.82. The van der Waals surface area contributed by atoms with Gasteiger partial charge < -0.3 is 19.3 Å². The number of hydrogen-bond donors (Lipinski definition) is 1. The predicted octanol–water partition coefficient (Wildman–Crippen LogP) is 2.35. The fourth-order valence-electron chi connectivity index (χ4n) is 2.89. The van der Waals surface area contributed by atoms with Crippen LogP contribution in [-0.2, 0) is 14.9 Å². The minimum absolute atomic E-state index is 0.135. The molecule has 1 aromatic carbocycles. The number of amides is 1. The Morgan fingerprint density at radius 3 is 2.70 bits per heavy atom. The van der Waals surface area contributed by atoms with E-state index >= 15 is 0 Å². The Labute approximate surface area is 157 Å². The summed E-state index contributed by atoms with van der Waals surface area (Å²) in [5, 5.41) is 13.0. The van der Waals surface area contributed by atoms with E-state index < -0.39 is 12.1 Å². The van der Waals surface area contributed by atoms with Gasteiger partial charge in [-0.3, -0.25) is 9.59 Å². The van der Waals surface area contributed by atoms with E-state index in [2.05, 4.69) is 10.1 Å². The number of ether oxygens (including phenoxy) is 1. The Bertz CT molecular complexity index is 840. The molecule has 1 aliphatic rings. The summed E-state index contributed by atoms with van der Waals surface area (Å²) in [4.78, 5) is 30.0. The van der Waals surface area contributed by atoms with Crippen molar-refractivity contribution < 1.29 is 24.0 Å². The number of nitrogens with zero attached hydrogens (tertiary/aromatic N) is 3. The van der Waals surface area contributed by atoms with Crippen molar-refractivity contribution in [3.05, 3.63) is 35.7 Å². The van der Waals surface area contributed by atoms with Gasteiger partial charge in [-0.15, -0.1) is 0 Å². The van der Waals surface area contributed by atoms with Crippen LogP contribution in [0.1, 0.15) is 43.4 Å². The summed E-state index contributed by atoms with van der Waals surface area (Å²) in [5.74, 6) is -0.304. The zero-order valence-electron chi connectivity index (χ0n) is 15.6. The molecule has 1 amide bonds. The smallest absolute Gasteiger partial charge is 0.306 e. The Kier molecular flexibility index (Phi) is 5.27. The van der Waals surface area contributed by atoms with Gasteiger partial charge in [0.05, 0.1) is 30.3 Å². The van der Waals surface area contributed by atoms with Crippen molar-refractivity contribution in [2.24, 2.45) is 0 Å². The molecular weight excluding hydrogens is 350 g/mol. The third-order valence-corrected chi connectivity index (χ3v) is 4.31. The molecule has 0 spiro atoms. The van der Waals surface area contributed by atoms with Crippen LogP contribution in [0.3, 0.4) is 0 Å². The van der Waals surface area contributed by atoms with Crippen LogP contribution in [0.4, 0.5) is 0 Å². The number of rotatable bonds is 4. The van der Waals surface area contributed by atoms with E-state index in [1.165, 1.54) is 0 Å². The first-order chi connectivity index (χ1) is 12.8. The van der Waals surface area contributed by atoms with Gasteiger partial charge in [0.1, 0.15) is 0 Å². The van der Waals surface area contributed by atoms with Crippen LogP contribution in [0.2, 0.25) is 0 Å². The SMILES string of the molecule is CC(C)(C)c1noc(-c2ccccc2C(=O)N2CCOC(CC(=O)O)C2)n1. The maximum atomic E-state index is 13.1. The van der Waals surface area contributed by atoms with Gasteiger partial charge in [0.15, 0.2) is 5.82 Å². The van der Waals surface area contributed by atoms with Crippen LogP contribution in [0, 0.1) is 0 Å². The van der Waals surface area contributed by atoms with Gasteiger partial charge in [-0.25, -0.2) is 0 Å². The van der Waals surface area contributed by atoms with Crippen molar-refractivity contribution >= 4 is 11.9 Å². The average molecular weight is 373 g/mol. The first kappa shape index (κ1) is 19.0. The summed E-state index contributed by atoms with van der Waals surface area (Å²) < 4.78 is 10.8. The molecule has 144 valence electrons. The van der Waals surface area contributed by atoms with Crippen LogP contribution < -0.4 is 0 Å². The molecule has 1 saturated heterocycles. The van der Waals surface area contributed by atoms with E-state index in [0.29, 0.717) is 36.0 Å². The minimum Gasteiger partial charge on any atom is -0.481 e. The number of carbonyl (C=O) groups is 2. The van der Waals surface area contributed by atoms with Crippen LogP contribution in [0.5, 0.6) is 0 Å². The number of hydrogen-bond acceptors (Lipinski definition) is 6. The molecule has 1 aromatic heterocycles. The third-order valence-electron chi connectivity index (χ3n) is 4.31. The number of aliphatic carboxylic acids is 1. The summed E-state index contributed by atoms with van der Waals surface area (Å²) in [6.45, 7) is 6.89. The van der Waals surface area contributed by atoms with Gasteiger partial charge >= 0.3 is 5.97 Å². The second-order valence-corrected chi connectivity index (χ2v) is 7.56. The maximum absolute atomic E-state index is 13.1. The standard InChI is InChI=1S/C19H23N3O5/c1-19(2,3)18-20-16(27-21-18)13-6-4-5-7-14(13)17(25)22-8-9-26-12(11-22)10-15(23)24/h4-7,12H,8-11H2,1-3H3,(H,23,24). The number of benzene rings is 1. The molecule has 1 atom stereocenters. The zero-order valence-corrected chi connectivity index (χ0v) is 15.6. The molecule has 8 nitrogen and oxygen atoms in total. The van der Waals surface area contributed by atoms with Gasteiger partial charge in [0, 0.05) is 18.5 Å². The number of morpholine rings is 1. The number of aromatic nitrogens is 2. The molecular formula is C19H23N3O5. The molecule has 0 bridgehead atoms. The molecule has 8 heteroatoms.